The number of hydrogen-bond acceptors (Lipinski definition) is 3. The maximum Gasteiger partial charge on any atom is 0.135 e. The van der Waals surface area contributed by atoms with Crippen LogP contribution in [-0.2, 0) is 11.3 Å². The highest BCUT2D eigenvalue weighted by Gasteiger charge is 2.15. The Bertz CT molecular complexity index is 352. The van der Waals surface area contributed by atoms with Gasteiger partial charge in [-0.3, -0.25) is 14.7 Å². The third kappa shape index (κ3) is 2.86. The van der Waals surface area contributed by atoms with Gasteiger partial charge in [0.15, 0.2) is 0 Å². The van der Waals surface area contributed by atoms with Crippen LogP contribution in [0.15, 0.2) is 18.5 Å². The Kier molecular flexibility index (Phi) is 3.11. The molecule has 0 bridgehead atoms. The van der Waals surface area contributed by atoms with E-state index in [4.69, 9.17) is 0 Å². The van der Waals surface area contributed by atoms with Crippen LogP contribution in [0.1, 0.15) is 24.0 Å². The van der Waals surface area contributed by atoms with Gasteiger partial charge in [0.2, 0.25) is 0 Å². The van der Waals surface area contributed by atoms with Gasteiger partial charge in [-0.15, -0.1) is 0 Å². The molecule has 1 aromatic heterocycles. The van der Waals surface area contributed by atoms with E-state index >= 15 is 0 Å². The maximum atomic E-state index is 11.1. The van der Waals surface area contributed by atoms with E-state index in [9.17, 15) is 4.79 Å². The molecule has 1 aromatic rings. The summed E-state index contributed by atoms with van der Waals surface area (Å²) in [5, 5.41) is 0. The number of aromatic nitrogens is 1. The Hall–Kier alpha value is -1.22. The van der Waals surface area contributed by atoms with E-state index in [1.807, 2.05) is 12.4 Å². The van der Waals surface area contributed by atoms with Crippen molar-refractivity contribution < 1.29 is 4.79 Å². The molecule has 1 fully saturated rings. The van der Waals surface area contributed by atoms with Crippen molar-refractivity contribution in [1.29, 1.82) is 0 Å². The fraction of sp³-hybridized carbons (Fsp3) is 0.500. The van der Waals surface area contributed by atoms with Gasteiger partial charge in [-0.25, -0.2) is 0 Å². The van der Waals surface area contributed by atoms with Crippen molar-refractivity contribution in [3.8, 4) is 0 Å². The minimum atomic E-state index is 0.397. The molecule has 1 aliphatic rings. The summed E-state index contributed by atoms with van der Waals surface area (Å²) < 4.78 is 0. The van der Waals surface area contributed by atoms with E-state index in [0.717, 1.165) is 19.6 Å². The fourth-order valence-corrected chi connectivity index (χ4v) is 1.92. The standard InChI is InChI=1S/C12H16N2O/c1-10-6-11(8-13-7-10)9-14-4-2-12(15)3-5-14/h6-8H,2-5,9H2,1H3. The lowest BCUT2D eigenvalue weighted by molar-refractivity contribution is -0.121. The molecule has 0 unspecified atom stereocenters. The zero-order valence-corrected chi connectivity index (χ0v) is 9.07. The summed E-state index contributed by atoms with van der Waals surface area (Å²) in [6, 6.07) is 2.16. The van der Waals surface area contributed by atoms with Crippen LogP contribution < -0.4 is 0 Å². The number of carbonyl (C=O) groups excluding carboxylic acids is 1. The first-order valence-corrected chi connectivity index (χ1v) is 5.38. The number of nitrogens with zero attached hydrogens (tertiary/aromatic N) is 2. The van der Waals surface area contributed by atoms with Gasteiger partial charge in [-0.1, -0.05) is 6.07 Å². The molecule has 3 heteroatoms. The lowest BCUT2D eigenvalue weighted by Crippen LogP contribution is -2.33. The van der Waals surface area contributed by atoms with Gasteiger partial charge in [0.05, 0.1) is 0 Å². The number of rotatable bonds is 2. The first kappa shape index (κ1) is 10.3. The molecule has 2 heterocycles. The van der Waals surface area contributed by atoms with Crippen LogP contribution in [0.5, 0.6) is 0 Å². The normalized spacial score (nSPS) is 18.1. The van der Waals surface area contributed by atoms with Gasteiger partial charge in [-0.05, 0) is 18.1 Å². The molecule has 2 rings (SSSR count). The van der Waals surface area contributed by atoms with Crippen LogP contribution >= 0.6 is 0 Å². The highest BCUT2D eigenvalue weighted by atomic mass is 16.1. The molecular weight excluding hydrogens is 188 g/mol. The molecule has 0 radical (unpaired) electrons. The number of Topliss-reactive ketones (excluding diaryl/α,β-unsaturated/α-hetero) is 1. The van der Waals surface area contributed by atoms with Gasteiger partial charge >= 0.3 is 0 Å². The third-order valence-corrected chi connectivity index (χ3v) is 2.75. The van der Waals surface area contributed by atoms with Crippen molar-refractivity contribution in [1.82, 2.24) is 9.88 Å². The van der Waals surface area contributed by atoms with E-state index in [1.165, 1.54) is 11.1 Å². The Morgan fingerprint density at radius 3 is 2.73 bits per heavy atom. The van der Waals surface area contributed by atoms with Crippen molar-refractivity contribution in [3.05, 3.63) is 29.6 Å². The highest BCUT2D eigenvalue weighted by Crippen LogP contribution is 2.11. The number of pyridine rings is 1. The summed E-state index contributed by atoms with van der Waals surface area (Å²) in [7, 11) is 0. The van der Waals surface area contributed by atoms with Crippen molar-refractivity contribution in [2.75, 3.05) is 13.1 Å². The molecular formula is C12H16N2O. The molecule has 3 nitrogen and oxygen atoms in total. The van der Waals surface area contributed by atoms with Crippen LogP contribution in [0.4, 0.5) is 0 Å². The molecule has 1 aliphatic heterocycles. The third-order valence-electron chi connectivity index (χ3n) is 2.75. The fourth-order valence-electron chi connectivity index (χ4n) is 1.92. The van der Waals surface area contributed by atoms with Gasteiger partial charge in [0.25, 0.3) is 0 Å². The van der Waals surface area contributed by atoms with E-state index < -0.39 is 0 Å². The molecule has 0 aromatic carbocycles. The number of aryl methyl sites for hydroxylation is 1. The Morgan fingerprint density at radius 2 is 2.07 bits per heavy atom. The second kappa shape index (κ2) is 4.53. The van der Waals surface area contributed by atoms with Gasteiger partial charge < -0.3 is 0 Å². The summed E-state index contributed by atoms with van der Waals surface area (Å²) in [5.41, 5.74) is 2.44. The summed E-state index contributed by atoms with van der Waals surface area (Å²) in [4.78, 5) is 17.6. The zero-order chi connectivity index (χ0) is 10.7. The Labute approximate surface area is 90.1 Å². The Morgan fingerprint density at radius 1 is 1.33 bits per heavy atom. The zero-order valence-electron chi connectivity index (χ0n) is 9.07. The quantitative estimate of drug-likeness (QED) is 0.733. The van der Waals surface area contributed by atoms with Crippen molar-refractivity contribution in [3.63, 3.8) is 0 Å². The van der Waals surface area contributed by atoms with Crippen LogP contribution in [-0.4, -0.2) is 28.8 Å². The summed E-state index contributed by atoms with van der Waals surface area (Å²) in [6.45, 7) is 4.76. The minimum absolute atomic E-state index is 0.397. The van der Waals surface area contributed by atoms with Gasteiger partial charge in [-0.2, -0.15) is 0 Å². The molecule has 15 heavy (non-hydrogen) atoms. The molecule has 0 atom stereocenters. The van der Waals surface area contributed by atoms with E-state index in [0.29, 0.717) is 18.6 Å². The summed E-state index contributed by atoms with van der Waals surface area (Å²) in [5.74, 6) is 0.397. The second-order valence-electron chi connectivity index (χ2n) is 4.19. The predicted molar refractivity (Wildman–Crippen MR) is 58.5 cm³/mol. The molecule has 0 spiro atoms. The molecule has 0 N–H and O–H groups in total. The van der Waals surface area contributed by atoms with Gasteiger partial charge in [0, 0.05) is 44.9 Å². The van der Waals surface area contributed by atoms with Crippen molar-refractivity contribution >= 4 is 5.78 Å². The number of carbonyl (C=O) groups is 1. The Balaban J connectivity index is 1.94. The number of likely N-dealkylation sites (tertiary alicyclic amines) is 1. The SMILES string of the molecule is Cc1cncc(CN2CCC(=O)CC2)c1. The lowest BCUT2D eigenvalue weighted by atomic mass is 10.1. The topological polar surface area (TPSA) is 33.2 Å². The van der Waals surface area contributed by atoms with Crippen molar-refractivity contribution in [2.45, 2.75) is 26.3 Å². The average Bonchev–Trinajstić information content (AvgIpc) is 2.22. The molecule has 0 saturated carbocycles. The smallest absolute Gasteiger partial charge is 0.135 e. The molecule has 0 aliphatic carbocycles. The number of piperidine rings is 1. The summed E-state index contributed by atoms with van der Waals surface area (Å²) >= 11 is 0. The largest absolute Gasteiger partial charge is 0.300 e. The lowest BCUT2D eigenvalue weighted by Gasteiger charge is -2.25. The summed E-state index contributed by atoms with van der Waals surface area (Å²) in [6.07, 6.45) is 5.19. The van der Waals surface area contributed by atoms with Crippen molar-refractivity contribution in [2.24, 2.45) is 0 Å². The first-order chi connectivity index (χ1) is 7.24. The minimum Gasteiger partial charge on any atom is -0.300 e. The van der Waals surface area contributed by atoms with E-state index in [-0.39, 0.29) is 0 Å². The number of hydrogen-bond donors (Lipinski definition) is 0. The predicted octanol–water partition coefficient (Wildman–Crippen LogP) is 1.55. The van der Waals surface area contributed by atoms with Crippen LogP contribution in [0, 0.1) is 6.92 Å². The highest BCUT2D eigenvalue weighted by molar-refractivity contribution is 5.79. The van der Waals surface area contributed by atoms with Gasteiger partial charge in [0.1, 0.15) is 5.78 Å². The van der Waals surface area contributed by atoms with Crippen LogP contribution in [0.2, 0.25) is 0 Å². The number of ketones is 1. The van der Waals surface area contributed by atoms with E-state index in [1.54, 1.807) is 0 Å². The molecule has 1 saturated heterocycles. The average molecular weight is 204 g/mol. The first-order valence-electron chi connectivity index (χ1n) is 5.38. The second-order valence-corrected chi connectivity index (χ2v) is 4.19. The molecule has 80 valence electrons. The van der Waals surface area contributed by atoms with E-state index in [2.05, 4.69) is 22.9 Å². The maximum absolute atomic E-state index is 11.1. The van der Waals surface area contributed by atoms with Crippen LogP contribution in [0.3, 0.4) is 0 Å². The molecule has 0 amide bonds. The van der Waals surface area contributed by atoms with Crippen LogP contribution in [0.25, 0.3) is 0 Å². The monoisotopic (exact) mass is 204 g/mol.